The molecule has 1 aromatic carbocycles. The predicted octanol–water partition coefficient (Wildman–Crippen LogP) is 4.25. The average Bonchev–Trinajstić information content (AvgIpc) is 3.29. The molecule has 11 heteroatoms. The number of aromatic nitrogens is 1. The third-order valence-corrected chi connectivity index (χ3v) is 6.35. The first-order valence-corrected chi connectivity index (χ1v) is 11.4. The molecule has 2 atom stereocenters. The smallest absolute Gasteiger partial charge is 0.243 e. The lowest BCUT2D eigenvalue weighted by Gasteiger charge is -2.32. The first-order valence-electron chi connectivity index (χ1n) is 10.7. The Kier molecular flexibility index (Phi) is 7.49. The number of methoxy groups -OCH3 is 2. The number of fused-ring (bicyclic) bond motifs is 1. The number of rotatable bonds is 8. The van der Waals surface area contributed by atoms with Gasteiger partial charge < -0.3 is 29.3 Å². The van der Waals surface area contributed by atoms with Gasteiger partial charge in [0.25, 0.3) is 0 Å². The van der Waals surface area contributed by atoms with Crippen LogP contribution >= 0.6 is 23.2 Å². The Hall–Kier alpha value is -3.27. The summed E-state index contributed by atoms with van der Waals surface area (Å²) < 4.78 is 21.8. The third kappa shape index (κ3) is 5.07. The summed E-state index contributed by atoms with van der Waals surface area (Å²) in [7, 11) is 2.85. The Morgan fingerprint density at radius 3 is 2.51 bits per heavy atom. The van der Waals surface area contributed by atoms with Crippen LogP contribution in [0.25, 0.3) is 11.1 Å². The SMILES string of the molecule is C=CC(=O)NC1CCOCC1Nc1ccc2oc(C(=O)c3c(Cl)c(OC)cc(OC)c3Cl)cc2n1. The van der Waals surface area contributed by atoms with E-state index in [0.717, 1.165) is 0 Å². The summed E-state index contributed by atoms with van der Waals surface area (Å²) in [6, 6.07) is 6.07. The van der Waals surface area contributed by atoms with Crippen LogP contribution in [0, 0.1) is 0 Å². The number of pyridine rings is 1. The molecule has 35 heavy (non-hydrogen) atoms. The third-order valence-electron chi connectivity index (χ3n) is 5.60. The monoisotopic (exact) mass is 519 g/mol. The Morgan fingerprint density at radius 2 is 1.86 bits per heavy atom. The van der Waals surface area contributed by atoms with E-state index in [1.165, 1.54) is 32.4 Å². The number of carbonyl (C=O) groups excluding carboxylic acids is 2. The van der Waals surface area contributed by atoms with Gasteiger partial charge in [0.1, 0.15) is 22.8 Å². The fraction of sp³-hybridized carbons (Fsp3) is 0.292. The minimum Gasteiger partial charge on any atom is -0.495 e. The number of amides is 1. The second-order valence-electron chi connectivity index (χ2n) is 7.74. The van der Waals surface area contributed by atoms with Crippen LogP contribution in [0.15, 0.2) is 41.3 Å². The second kappa shape index (κ2) is 10.6. The Balaban J connectivity index is 1.62. The topological polar surface area (TPSA) is 112 Å². The highest BCUT2D eigenvalue weighted by Gasteiger charge is 2.28. The van der Waals surface area contributed by atoms with Crippen molar-refractivity contribution in [1.82, 2.24) is 10.3 Å². The average molecular weight is 520 g/mol. The Labute approximate surface area is 211 Å². The van der Waals surface area contributed by atoms with Gasteiger partial charge in [0.15, 0.2) is 11.3 Å². The van der Waals surface area contributed by atoms with Crippen molar-refractivity contribution in [2.24, 2.45) is 0 Å². The van der Waals surface area contributed by atoms with Crippen molar-refractivity contribution in [2.75, 3.05) is 32.8 Å². The molecule has 0 radical (unpaired) electrons. The summed E-state index contributed by atoms with van der Waals surface area (Å²) in [6.45, 7) is 4.43. The zero-order valence-electron chi connectivity index (χ0n) is 19.0. The molecule has 9 nitrogen and oxygen atoms in total. The molecule has 1 aliphatic rings. The Morgan fingerprint density at radius 1 is 1.14 bits per heavy atom. The minimum atomic E-state index is -0.544. The molecule has 0 spiro atoms. The van der Waals surface area contributed by atoms with Gasteiger partial charge in [-0.2, -0.15) is 0 Å². The van der Waals surface area contributed by atoms with Crippen LogP contribution in [0.4, 0.5) is 5.82 Å². The van der Waals surface area contributed by atoms with Gasteiger partial charge in [-0.1, -0.05) is 29.8 Å². The van der Waals surface area contributed by atoms with E-state index in [-0.39, 0.29) is 50.9 Å². The second-order valence-corrected chi connectivity index (χ2v) is 8.49. The predicted molar refractivity (Wildman–Crippen MR) is 132 cm³/mol. The van der Waals surface area contributed by atoms with Crippen molar-refractivity contribution < 1.29 is 28.2 Å². The van der Waals surface area contributed by atoms with E-state index in [1.807, 2.05) is 0 Å². The number of benzene rings is 1. The van der Waals surface area contributed by atoms with Crippen LogP contribution in [-0.4, -0.2) is 56.2 Å². The number of anilines is 1. The van der Waals surface area contributed by atoms with Gasteiger partial charge in [-0.15, -0.1) is 0 Å². The molecule has 2 unspecified atom stereocenters. The van der Waals surface area contributed by atoms with E-state index in [2.05, 4.69) is 22.2 Å². The lowest BCUT2D eigenvalue weighted by Crippen LogP contribution is -2.52. The molecule has 3 aromatic rings. The van der Waals surface area contributed by atoms with Gasteiger partial charge >= 0.3 is 0 Å². The molecule has 2 N–H and O–H groups in total. The summed E-state index contributed by atoms with van der Waals surface area (Å²) in [6.07, 6.45) is 1.88. The highest BCUT2D eigenvalue weighted by Crippen LogP contribution is 2.41. The Bertz CT molecular complexity index is 1260. The van der Waals surface area contributed by atoms with Crippen LogP contribution in [0.1, 0.15) is 22.5 Å². The first-order chi connectivity index (χ1) is 16.9. The summed E-state index contributed by atoms with van der Waals surface area (Å²) >= 11 is 12.8. The van der Waals surface area contributed by atoms with Gasteiger partial charge in [-0.05, 0) is 24.6 Å². The zero-order chi connectivity index (χ0) is 25.1. The van der Waals surface area contributed by atoms with E-state index in [9.17, 15) is 9.59 Å². The quantitative estimate of drug-likeness (QED) is 0.335. The maximum Gasteiger partial charge on any atom is 0.243 e. The molecule has 0 saturated carbocycles. The number of carbonyl (C=O) groups is 2. The van der Waals surface area contributed by atoms with Gasteiger partial charge in [0.2, 0.25) is 11.7 Å². The van der Waals surface area contributed by atoms with Crippen LogP contribution in [-0.2, 0) is 9.53 Å². The number of nitrogens with one attached hydrogen (secondary N) is 2. The maximum atomic E-state index is 13.3. The maximum absolute atomic E-state index is 13.3. The summed E-state index contributed by atoms with van der Waals surface area (Å²) in [5.41, 5.74) is 0.850. The molecule has 1 aliphatic heterocycles. The molecule has 1 saturated heterocycles. The number of hydrogen-bond donors (Lipinski definition) is 2. The van der Waals surface area contributed by atoms with Crippen LogP contribution in [0.2, 0.25) is 10.0 Å². The zero-order valence-corrected chi connectivity index (χ0v) is 20.5. The van der Waals surface area contributed by atoms with Crippen LogP contribution in [0.3, 0.4) is 0 Å². The normalized spacial score (nSPS) is 17.6. The molecular weight excluding hydrogens is 497 g/mol. The fourth-order valence-electron chi connectivity index (χ4n) is 3.81. The highest BCUT2D eigenvalue weighted by molar-refractivity contribution is 6.42. The van der Waals surface area contributed by atoms with Gasteiger partial charge in [0, 0.05) is 18.7 Å². The van der Waals surface area contributed by atoms with Crippen molar-refractivity contribution in [1.29, 1.82) is 0 Å². The first kappa shape index (κ1) is 24.8. The van der Waals surface area contributed by atoms with Crippen molar-refractivity contribution in [3.63, 3.8) is 0 Å². The number of hydrogen-bond acceptors (Lipinski definition) is 8. The summed E-state index contributed by atoms with van der Waals surface area (Å²) in [4.78, 5) is 29.6. The minimum absolute atomic E-state index is 0.000814. The van der Waals surface area contributed by atoms with Crippen molar-refractivity contribution in [2.45, 2.75) is 18.5 Å². The van der Waals surface area contributed by atoms with E-state index in [4.69, 9.17) is 41.8 Å². The fourth-order valence-corrected chi connectivity index (χ4v) is 4.48. The lowest BCUT2D eigenvalue weighted by atomic mass is 10.0. The molecule has 1 amide bonds. The lowest BCUT2D eigenvalue weighted by molar-refractivity contribution is -0.117. The van der Waals surface area contributed by atoms with Gasteiger partial charge in [0.05, 0.1) is 48.5 Å². The number of ketones is 1. The molecule has 3 heterocycles. The largest absolute Gasteiger partial charge is 0.495 e. The highest BCUT2D eigenvalue weighted by atomic mass is 35.5. The van der Waals surface area contributed by atoms with Crippen molar-refractivity contribution in [3.05, 3.63) is 58.3 Å². The molecule has 184 valence electrons. The molecule has 4 rings (SSSR count). The van der Waals surface area contributed by atoms with Crippen molar-refractivity contribution >= 4 is 51.8 Å². The van der Waals surface area contributed by atoms with Gasteiger partial charge in [-0.25, -0.2) is 4.98 Å². The standard InChI is InChI=1S/C24H23Cl2N3O6/c1-4-20(30)29-12-7-8-34-11-14(12)28-19-6-5-15-13(27-19)9-18(35-15)24(31)21-22(25)16(32-2)10-17(33-3)23(21)26/h4-6,9-10,12,14H,1,7-8,11H2,2-3H3,(H,27,28)(H,29,30). The van der Waals surface area contributed by atoms with Crippen molar-refractivity contribution in [3.8, 4) is 11.5 Å². The van der Waals surface area contributed by atoms with Crippen LogP contribution in [0.5, 0.6) is 11.5 Å². The number of halogens is 2. The molecule has 2 aromatic heterocycles. The number of ether oxygens (including phenoxy) is 3. The summed E-state index contributed by atoms with van der Waals surface area (Å²) in [5, 5.41) is 6.28. The van der Waals surface area contributed by atoms with E-state index in [1.54, 1.807) is 12.1 Å². The van der Waals surface area contributed by atoms with Crippen LogP contribution < -0.4 is 20.1 Å². The number of nitrogens with zero attached hydrogens (tertiary/aromatic N) is 1. The molecule has 0 aliphatic carbocycles. The number of furan rings is 1. The molecular formula is C24H23Cl2N3O6. The summed E-state index contributed by atoms with van der Waals surface area (Å²) in [5.74, 6) is 0.217. The molecule has 0 bridgehead atoms. The van der Waals surface area contributed by atoms with E-state index < -0.39 is 5.78 Å². The van der Waals surface area contributed by atoms with Gasteiger partial charge in [-0.3, -0.25) is 9.59 Å². The van der Waals surface area contributed by atoms with E-state index in [0.29, 0.717) is 36.6 Å². The van der Waals surface area contributed by atoms with E-state index >= 15 is 0 Å². The molecule has 1 fully saturated rings.